The Morgan fingerprint density at radius 1 is 1.19 bits per heavy atom. The highest BCUT2D eigenvalue weighted by molar-refractivity contribution is 6.00. The van der Waals surface area contributed by atoms with Gasteiger partial charge in [-0.3, -0.25) is 0 Å². The van der Waals surface area contributed by atoms with E-state index in [1.54, 1.807) is 7.11 Å². The molecule has 0 unspecified atom stereocenters. The average molecular weight is 221 g/mol. The van der Waals surface area contributed by atoms with E-state index in [2.05, 4.69) is 45.3 Å². The van der Waals surface area contributed by atoms with Crippen LogP contribution in [0.5, 0.6) is 5.75 Å². The molecule has 0 heterocycles. The second-order valence-electron chi connectivity index (χ2n) is 4.57. The molecular weight excluding hydrogens is 200 g/mol. The molecule has 0 aliphatic heterocycles. The summed E-state index contributed by atoms with van der Waals surface area (Å²) in [5, 5.41) is 4.67. The van der Waals surface area contributed by atoms with Crippen molar-refractivity contribution in [2.45, 2.75) is 13.3 Å². The first-order valence-electron chi connectivity index (χ1n) is 5.51. The lowest BCUT2D eigenvalue weighted by atomic mass is 10.1. The fourth-order valence-electron chi connectivity index (χ4n) is 1.48. The van der Waals surface area contributed by atoms with Gasteiger partial charge >= 0.3 is 0 Å². The minimum Gasteiger partial charge on any atom is -0.497 e. The van der Waals surface area contributed by atoms with Crippen LogP contribution in [0.25, 0.3) is 0 Å². The van der Waals surface area contributed by atoms with Crippen molar-refractivity contribution < 1.29 is 9.33 Å². The van der Waals surface area contributed by atoms with Gasteiger partial charge in [0.2, 0.25) is 0 Å². The third kappa shape index (κ3) is 3.66. The Kier molecular flexibility index (Phi) is 4.07. The molecule has 0 saturated carbocycles. The van der Waals surface area contributed by atoms with Crippen LogP contribution >= 0.6 is 0 Å². The molecule has 0 aliphatic carbocycles. The monoisotopic (exact) mass is 221 g/mol. The zero-order valence-corrected chi connectivity index (χ0v) is 10.8. The second kappa shape index (κ2) is 5.12. The van der Waals surface area contributed by atoms with E-state index < -0.39 is 0 Å². The Bertz CT molecular complexity index is 361. The van der Waals surface area contributed by atoms with Crippen molar-refractivity contribution in [3.63, 3.8) is 0 Å². The first-order chi connectivity index (χ1) is 7.46. The van der Waals surface area contributed by atoms with Crippen molar-refractivity contribution >= 4 is 5.71 Å². The van der Waals surface area contributed by atoms with Crippen LogP contribution in [0.3, 0.4) is 0 Å². The lowest BCUT2D eigenvalue weighted by Crippen LogP contribution is -2.29. The molecule has 1 aromatic rings. The van der Waals surface area contributed by atoms with Gasteiger partial charge in [0.25, 0.3) is 0 Å². The van der Waals surface area contributed by atoms with Gasteiger partial charge in [0.15, 0.2) is 0 Å². The topological polar surface area (TPSA) is 21.6 Å². The SMILES string of the molecule is CC/C(=N\[N+](C)(C)C)c1ccc(OC)cc1. The van der Waals surface area contributed by atoms with E-state index in [-0.39, 0.29) is 0 Å². The van der Waals surface area contributed by atoms with Crippen LogP contribution in [0.1, 0.15) is 18.9 Å². The predicted molar refractivity (Wildman–Crippen MR) is 67.9 cm³/mol. The molecule has 16 heavy (non-hydrogen) atoms. The molecule has 0 amide bonds. The molecule has 0 aliphatic rings. The van der Waals surface area contributed by atoms with Crippen LogP contribution in [0.4, 0.5) is 0 Å². The van der Waals surface area contributed by atoms with E-state index in [9.17, 15) is 0 Å². The number of hydrogen-bond donors (Lipinski definition) is 0. The molecule has 0 aromatic heterocycles. The standard InChI is InChI=1S/C13H21N2O/c1-6-13(14-15(2,3)4)11-7-9-12(16-5)10-8-11/h7-10H,6H2,1-5H3/q+1/b14-13+. The number of hydrogen-bond acceptors (Lipinski definition) is 2. The molecule has 1 aromatic carbocycles. The maximum Gasteiger partial charge on any atom is 0.118 e. The lowest BCUT2D eigenvalue weighted by Gasteiger charge is -2.17. The fraction of sp³-hybridized carbons (Fsp3) is 0.462. The van der Waals surface area contributed by atoms with Crippen LogP contribution in [0.15, 0.2) is 29.4 Å². The molecule has 0 radical (unpaired) electrons. The molecule has 0 atom stereocenters. The summed E-state index contributed by atoms with van der Waals surface area (Å²) in [6.45, 7) is 2.12. The zero-order chi connectivity index (χ0) is 12.2. The summed E-state index contributed by atoms with van der Waals surface area (Å²) in [7, 11) is 7.84. The van der Waals surface area contributed by atoms with Gasteiger partial charge < -0.3 is 4.74 Å². The van der Waals surface area contributed by atoms with Gasteiger partial charge in [-0.05, 0) is 30.7 Å². The van der Waals surface area contributed by atoms with Crippen molar-refractivity contribution in [1.29, 1.82) is 0 Å². The number of benzene rings is 1. The highest BCUT2D eigenvalue weighted by Gasteiger charge is 2.09. The molecule has 0 fully saturated rings. The minimum absolute atomic E-state index is 0.592. The number of ether oxygens (including phenoxy) is 1. The van der Waals surface area contributed by atoms with Gasteiger partial charge in [0.1, 0.15) is 11.5 Å². The Morgan fingerprint density at radius 3 is 2.12 bits per heavy atom. The summed E-state index contributed by atoms with van der Waals surface area (Å²) in [5.74, 6) is 0.879. The fourth-order valence-corrected chi connectivity index (χ4v) is 1.48. The average Bonchev–Trinajstić information content (AvgIpc) is 2.25. The first kappa shape index (κ1) is 12.7. The van der Waals surface area contributed by atoms with Crippen molar-refractivity contribution in [2.24, 2.45) is 5.10 Å². The van der Waals surface area contributed by atoms with Crippen molar-refractivity contribution in [2.75, 3.05) is 28.3 Å². The van der Waals surface area contributed by atoms with E-state index in [0.29, 0.717) is 4.59 Å². The molecule has 0 saturated heterocycles. The molecule has 0 spiro atoms. The van der Waals surface area contributed by atoms with Crippen LogP contribution < -0.4 is 4.74 Å². The molecule has 3 nitrogen and oxygen atoms in total. The van der Waals surface area contributed by atoms with Crippen LogP contribution in [-0.2, 0) is 0 Å². The Balaban J connectivity index is 3.00. The van der Waals surface area contributed by atoms with Crippen LogP contribution in [0.2, 0.25) is 0 Å². The summed E-state index contributed by atoms with van der Waals surface area (Å²) >= 11 is 0. The van der Waals surface area contributed by atoms with Crippen LogP contribution in [-0.4, -0.2) is 38.6 Å². The van der Waals surface area contributed by atoms with E-state index in [1.165, 1.54) is 0 Å². The highest BCUT2D eigenvalue weighted by atomic mass is 16.5. The third-order valence-electron chi connectivity index (χ3n) is 2.18. The molecule has 3 heteroatoms. The summed E-state index contributed by atoms with van der Waals surface area (Å²) in [6.07, 6.45) is 0.932. The van der Waals surface area contributed by atoms with E-state index >= 15 is 0 Å². The van der Waals surface area contributed by atoms with Crippen molar-refractivity contribution in [3.05, 3.63) is 29.8 Å². The number of nitrogens with zero attached hydrogens (tertiary/aromatic N) is 2. The number of methoxy groups -OCH3 is 1. The quantitative estimate of drug-likeness (QED) is 0.435. The van der Waals surface area contributed by atoms with Crippen LogP contribution in [0, 0.1) is 0 Å². The Hall–Kier alpha value is -1.35. The third-order valence-corrected chi connectivity index (χ3v) is 2.18. The van der Waals surface area contributed by atoms with Gasteiger partial charge in [-0.15, -0.1) is 0 Å². The lowest BCUT2D eigenvalue weighted by molar-refractivity contribution is -0.877. The molecule has 0 bridgehead atoms. The Labute approximate surface area is 97.9 Å². The van der Waals surface area contributed by atoms with E-state index in [0.717, 1.165) is 23.4 Å². The predicted octanol–water partition coefficient (Wildman–Crippen LogP) is 2.52. The highest BCUT2D eigenvalue weighted by Crippen LogP contribution is 2.14. The molecule has 88 valence electrons. The maximum absolute atomic E-state index is 5.14. The molecular formula is C13H21N2O+. The Morgan fingerprint density at radius 2 is 1.75 bits per heavy atom. The summed E-state index contributed by atoms with van der Waals surface area (Å²) < 4.78 is 5.73. The second-order valence-corrected chi connectivity index (χ2v) is 4.57. The summed E-state index contributed by atoms with van der Waals surface area (Å²) in [4.78, 5) is 0. The summed E-state index contributed by atoms with van der Waals surface area (Å²) in [5.41, 5.74) is 2.28. The van der Waals surface area contributed by atoms with Gasteiger partial charge in [0.05, 0.1) is 28.3 Å². The van der Waals surface area contributed by atoms with Gasteiger partial charge in [-0.25, -0.2) is 4.59 Å². The minimum atomic E-state index is 0.592. The van der Waals surface area contributed by atoms with Gasteiger partial charge in [-0.2, -0.15) is 0 Å². The summed E-state index contributed by atoms with van der Waals surface area (Å²) in [6, 6.07) is 8.04. The smallest absolute Gasteiger partial charge is 0.118 e. The van der Waals surface area contributed by atoms with E-state index in [4.69, 9.17) is 4.74 Å². The van der Waals surface area contributed by atoms with E-state index in [1.807, 2.05) is 12.1 Å². The number of quaternary nitrogens is 1. The molecule has 0 N–H and O–H groups in total. The van der Waals surface area contributed by atoms with Gasteiger partial charge in [-0.1, -0.05) is 12.0 Å². The van der Waals surface area contributed by atoms with Crippen molar-refractivity contribution in [3.8, 4) is 5.75 Å². The van der Waals surface area contributed by atoms with Gasteiger partial charge in [0, 0.05) is 5.56 Å². The van der Waals surface area contributed by atoms with Crippen molar-refractivity contribution in [1.82, 2.24) is 0 Å². The number of rotatable bonds is 4. The maximum atomic E-state index is 5.14. The first-order valence-corrected chi connectivity index (χ1v) is 5.51. The zero-order valence-electron chi connectivity index (χ0n) is 10.8. The molecule has 1 rings (SSSR count). The normalized spacial score (nSPS) is 12.7. The largest absolute Gasteiger partial charge is 0.497 e.